The van der Waals surface area contributed by atoms with E-state index in [1.54, 1.807) is 18.6 Å². The summed E-state index contributed by atoms with van der Waals surface area (Å²) in [6.45, 7) is 7.79. The van der Waals surface area contributed by atoms with Gasteiger partial charge in [-0.2, -0.15) is 0 Å². The fourth-order valence-corrected chi connectivity index (χ4v) is 2.73. The van der Waals surface area contributed by atoms with E-state index in [4.69, 9.17) is 4.74 Å². The van der Waals surface area contributed by atoms with Crippen LogP contribution in [0.15, 0.2) is 42.9 Å². The van der Waals surface area contributed by atoms with Crippen molar-refractivity contribution in [1.29, 1.82) is 0 Å². The summed E-state index contributed by atoms with van der Waals surface area (Å²) in [5.41, 5.74) is 0.699. The average molecular weight is 340 g/mol. The molecule has 0 atom stereocenters. The second-order valence-electron chi connectivity index (χ2n) is 6.57. The number of hydrogen-bond acceptors (Lipinski definition) is 5. The van der Waals surface area contributed by atoms with Gasteiger partial charge in [0, 0.05) is 44.1 Å². The first-order chi connectivity index (χ1) is 12.1. The summed E-state index contributed by atoms with van der Waals surface area (Å²) >= 11 is 0. The number of piperazine rings is 1. The smallest absolute Gasteiger partial charge is 0.253 e. The van der Waals surface area contributed by atoms with Crippen molar-refractivity contribution in [2.45, 2.75) is 13.8 Å². The minimum absolute atomic E-state index is 0.0641. The molecule has 0 aliphatic carbocycles. The second-order valence-corrected chi connectivity index (χ2v) is 6.57. The fraction of sp³-hybridized carbons (Fsp3) is 0.421. The summed E-state index contributed by atoms with van der Waals surface area (Å²) in [7, 11) is 0. The molecule has 1 saturated heterocycles. The van der Waals surface area contributed by atoms with Gasteiger partial charge < -0.3 is 14.5 Å². The van der Waals surface area contributed by atoms with Crippen LogP contribution in [0, 0.1) is 5.92 Å². The number of anilines is 1. The number of ether oxygens (including phenoxy) is 1. The van der Waals surface area contributed by atoms with Gasteiger partial charge in [-0.25, -0.2) is 4.98 Å². The number of benzene rings is 1. The predicted octanol–water partition coefficient (Wildman–Crippen LogP) is 2.47. The molecule has 1 aliphatic rings. The summed E-state index contributed by atoms with van der Waals surface area (Å²) in [5.74, 6) is 2.21. The third kappa shape index (κ3) is 4.47. The number of carbonyl (C=O) groups excluding carboxylic acids is 1. The van der Waals surface area contributed by atoms with E-state index in [1.165, 1.54) is 0 Å². The summed E-state index contributed by atoms with van der Waals surface area (Å²) < 4.78 is 5.67. The molecule has 0 saturated carbocycles. The maximum atomic E-state index is 12.7. The number of amides is 1. The molecular formula is C19H24N4O2. The monoisotopic (exact) mass is 340 g/mol. The SMILES string of the molecule is CC(C)COc1ccc(C(=O)N2CCN(c3cnccn3)CC2)cc1. The van der Waals surface area contributed by atoms with Gasteiger partial charge in [-0.15, -0.1) is 0 Å². The van der Waals surface area contributed by atoms with E-state index < -0.39 is 0 Å². The fourth-order valence-electron chi connectivity index (χ4n) is 2.73. The zero-order valence-corrected chi connectivity index (χ0v) is 14.8. The zero-order valence-electron chi connectivity index (χ0n) is 14.8. The molecule has 3 rings (SSSR count). The van der Waals surface area contributed by atoms with E-state index >= 15 is 0 Å². The maximum Gasteiger partial charge on any atom is 0.253 e. The van der Waals surface area contributed by atoms with Crippen LogP contribution >= 0.6 is 0 Å². The minimum atomic E-state index is 0.0641. The highest BCUT2D eigenvalue weighted by Gasteiger charge is 2.22. The summed E-state index contributed by atoms with van der Waals surface area (Å²) in [5, 5.41) is 0. The lowest BCUT2D eigenvalue weighted by Gasteiger charge is -2.35. The quantitative estimate of drug-likeness (QED) is 0.837. The third-order valence-corrected chi connectivity index (χ3v) is 4.13. The van der Waals surface area contributed by atoms with Crippen molar-refractivity contribution in [3.63, 3.8) is 0 Å². The zero-order chi connectivity index (χ0) is 17.6. The van der Waals surface area contributed by atoms with Gasteiger partial charge in [-0.1, -0.05) is 13.8 Å². The van der Waals surface area contributed by atoms with E-state index in [1.807, 2.05) is 29.2 Å². The largest absolute Gasteiger partial charge is 0.493 e. The predicted molar refractivity (Wildman–Crippen MR) is 96.9 cm³/mol. The van der Waals surface area contributed by atoms with Crippen LogP contribution < -0.4 is 9.64 Å². The number of aromatic nitrogens is 2. The Morgan fingerprint density at radius 1 is 1.12 bits per heavy atom. The minimum Gasteiger partial charge on any atom is -0.493 e. The van der Waals surface area contributed by atoms with E-state index in [0.29, 0.717) is 31.2 Å². The van der Waals surface area contributed by atoms with Crippen molar-refractivity contribution in [2.75, 3.05) is 37.7 Å². The molecule has 1 aromatic heterocycles. The van der Waals surface area contributed by atoms with Crippen molar-refractivity contribution in [3.8, 4) is 5.75 Å². The van der Waals surface area contributed by atoms with Crippen LogP contribution in [-0.2, 0) is 0 Å². The van der Waals surface area contributed by atoms with Gasteiger partial charge in [0.25, 0.3) is 5.91 Å². The van der Waals surface area contributed by atoms with Crippen molar-refractivity contribution in [3.05, 3.63) is 48.4 Å². The van der Waals surface area contributed by atoms with Crippen LogP contribution in [0.25, 0.3) is 0 Å². The molecule has 6 heteroatoms. The molecule has 6 nitrogen and oxygen atoms in total. The maximum absolute atomic E-state index is 12.7. The molecule has 0 N–H and O–H groups in total. The molecule has 1 fully saturated rings. The van der Waals surface area contributed by atoms with Crippen LogP contribution in [0.4, 0.5) is 5.82 Å². The Hall–Kier alpha value is -2.63. The molecule has 25 heavy (non-hydrogen) atoms. The lowest BCUT2D eigenvalue weighted by Crippen LogP contribution is -2.49. The van der Waals surface area contributed by atoms with Crippen molar-refractivity contribution in [2.24, 2.45) is 5.92 Å². The summed E-state index contributed by atoms with van der Waals surface area (Å²) in [6, 6.07) is 7.41. The molecule has 1 aliphatic heterocycles. The molecule has 0 unspecified atom stereocenters. The number of hydrogen-bond donors (Lipinski definition) is 0. The van der Waals surface area contributed by atoms with Crippen LogP contribution in [0.5, 0.6) is 5.75 Å². The molecule has 132 valence electrons. The molecule has 0 spiro atoms. The van der Waals surface area contributed by atoms with Crippen LogP contribution in [0.2, 0.25) is 0 Å². The highest BCUT2D eigenvalue weighted by Crippen LogP contribution is 2.17. The first kappa shape index (κ1) is 17.2. The van der Waals surface area contributed by atoms with Gasteiger partial charge in [0.15, 0.2) is 0 Å². The molecule has 2 heterocycles. The molecule has 1 amide bonds. The molecule has 0 bridgehead atoms. The van der Waals surface area contributed by atoms with Gasteiger partial charge in [0.1, 0.15) is 11.6 Å². The normalized spacial score (nSPS) is 14.7. The Morgan fingerprint density at radius 3 is 2.44 bits per heavy atom. The van der Waals surface area contributed by atoms with Crippen LogP contribution in [-0.4, -0.2) is 53.6 Å². The Kier molecular flexibility index (Phi) is 5.48. The first-order valence-electron chi connectivity index (χ1n) is 8.66. The molecule has 0 radical (unpaired) electrons. The Labute approximate surface area is 148 Å². The third-order valence-electron chi connectivity index (χ3n) is 4.13. The van der Waals surface area contributed by atoms with Gasteiger partial charge in [0.05, 0.1) is 12.8 Å². The van der Waals surface area contributed by atoms with E-state index in [0.717, 1.165) is 24.7 Å². The van der Waals surface area contributed by atoms with Crippen molar-refractivity contribution < 1.29 is 9.53 Å². The van der Waals surface area contributed by atoms with Crippen molar-refractivity contribution >= 4 is 11.7 Å². The topological polar surface area (TPSA) is 58.6 Å². The lowest BCUT2D eigenvalue weighted by molar-refractivity contribution is 0.0746. The van der Waals surface area contributed by atoms with Crippen LogP contribution in [0.3, 0.4) is 0 Å². The van der Waals surface area contributed by atoms with E-state index in [9.17, 15) is 4.79 Å². The number of rotatable bonds is 5. The molecule has 2 aromatic rings. The molecular weight excluding hydrogens is 316 g/mol. The first-order valence-corrected chi connectivity index (χ1v) is 8.66. The highest BCUT2D eigenvalue weighted by molar-refractivity contribution is 5.94. The van der Waals surface area contributed by atoms with Gasteiger partial charge in [-0.3, -0.25) is 9.78 Å². The van der Waals surface area contributed by atoms with Gasteiger partial charge >= 0.3 is 0 Å². The molecule has 1 aromatic carbocycles. The Bertz CT molecular complexity index is 680. The number of nitrogens with zero attached hydrogens (tertiary/aromatic N) is 4. The summed E-state index contributed by atoms with van der Waals surface area (Å²) in [6.07, 6.45) is 5.11. The van der Waals surface area contributed by atoms with Crippen LogP contribution in [0.1, 0.15) is 24.2 Å². The standard InChI is InChI=1S/C19H24N4O2/c1-15(2)14-25-17-5-3-16(4-6-17)19(24)23-11-9-22(10-12-23)18-13-20-7-8-21-18/h3-8,13,15H,9-12,14H2,1-2H3. The number of carbonyl (C=O) groups is 1. The second kappa shape index (κ2) is 7.96. The van der Waals surface area contributed by atoms with Crippen molar-refractivity contribution in [1.82, 2.24) is 14.9 Å². The van der Waals surface area contributed by atoms with Gasteiger partial charge in [0.2, 0.25) is 0 Å². The Morgan fingerprint density at radius 2 is 1.84 bits per heavy atom. The van der Waals surface area contributed by atoms with E-state index in [2.05, 4.69) is 28.7 Å². The highest BCUT2D eigenvalue weighted by atomic mass is 16.5. The van der Waals surface area contributed by atoms with E-state index in [-0.39, 0.29) is 5.91 Å². The van der Waals surface area contributed by atoms with Gasteiger partial charge in [-0.05, 0) is 30.2 Å². The summed E-state index contributed by atoms with van der Waals surface area (Å²) in [4.78, 5) is 25.1. The Balaban J connectivity index is 1.55. The average Bonchev–Trinajstić information content (AvgIpc) is 2.67. The lowest BCUT2D eigenvalue weighted by atomic mass is 10.1.